The summed E-state index contributed by atoms with van der Waals surface area (Å²) in [6.45, 7) is 3.81. The van der Waals surface area contributed by atoms with Gasteiger partial charge in [-0.25, -0.2) is 19.3 Å². The zero-order chi connectivity index (χ0) is 17.8. The maximum Gasteiger partial charge on any atom is 0.253 e. The van der Waals surface area contributed by atoms with Crippen molar-refractivity contribution in [2.24, 2.45) is 5.10 Å². The van der Waals surface area contributed by atoms with E-state index in [9.17, 15) is 9.18 Å². The molecular formula is C16H15FN6OS. The van der Waals surface area contributed by atoms with Crippen LogP contribution in [-0.2, 0) is 4.79 Å². The molecule has 2 heterocycles. The molecule has 3 rings (SSSR count). The van der Waals surface area contributed by atoms with E-state index < -0.39 is 0 Å². The third-order valence-corrected chi connectivity index (χ3v) is 4.04. The number of rotatable bonds is 5. The fourth-order valence-electron chi connectivity index (χ4n) is 2.10. The van der Waals surface area contributed by atoms with Crippen molar-refractivity contribution in [2.45, 2.75) is 19.0 Å². The Bertz CT molecular complexity index is 938. The number of aryl methyl sites for hydroxylation is 2. The van der Waals surface area contributed by atoms with Crippen LogP contribution >= 0.6 is 11.8 Å². The molecule has 9 heteroatoms. The average molecular weight is 358 g/mol. The molecule has 0 unspecified atom stereocenters. The molecular weight excluding hydrogens is 343 g/mol. The van der Waals surface area contributed by atoms with Crippen molar-refractivity contribution in [1.29, 1.82) is 0 Å². The fraction of sp³-hybridized carbons (Fsp3) is 0.188. The summed E-state index contributed by atoms with van der Waals surface area (Å²) in [6.07, 6.45) is 1.45. The summed E-state index contributed by atoms with van der Waals surface area (Å²) in [4.78, 5) is 20.4. The van der Waals surface area contributed by atoms with Gasteiger partial charge in [-0.05, 0) is 37.6 Å². The van der Waals surface area contributed by atoms with Crippen LogP contribution in [0.25, 0.3) is 5.78 Å². The van der Waals surface area contributed by atoms with E-state index in [-0.39, 0.29) is 17.5 Å². The van der Waals surface area contributed by atoms with Crippen molar-refractivity contribution in [1.82, 2.24) is 25.0 Å². The number of hydrogen-bond donors (Lipinski definition) is 1. The molecule has 128 valence electrons. The lowest BCUT2D eigenvalue weighted by molar-refractivity contribution is -0.118. The van der Waals surface area contributed by atoms with E-state index in [1.165, 1.54) is 30.1 Å². The Labute approximate surface area is 147 Å². The molecule has 1 N–H and O–H groups in total. The number of carbonyl (C=O) groups is 1. The number of hydrazone groups is 1. The van der Waals surface area contributed by atoms with Gasteiger partial charge in [0.2, 0.25) is 5.16 Å². The second kappa shape index (κ2) is 7.39. The van der Waals surface area contributed by atoms with E-state index in [0.717, 1.165) is 11.4 Å². The number of fused-ring (bicyclic) bond motifs is 1. The summed E-state index contributed by atoms with van der Waals surface area (Å²) in [6, 6.07) is 7.69. The van der Waals surface area contributed by atoms with Crippen LogP contribution < -0.4 is 5.43 Å². The Kier molecular flexibility index (Phi) is 5.03. The van der Waals surface area contributed by atoms with Gasteiger partial charge in [-0.2, -0.15) is 10.1 Å². The fourth-order valence-corrected chi connectivity index (χ4v) is 2.71. The van der Waals surface area contributed by atoms with Gasteiger partial charge in [0.15, 0.2) is 0 Å². The number of aromatic nitrogens is 4. The van der Waals surface area contributed by atoms with Crippen LogP contribution in [0.1, 0.15) is 17.0 Å². The highest BCUT2D eigenvalue weighted by Gasteiger charge is 2.10. The minimum atomic E-state index is -0.322. The molecule has 0 radical (unpaired) electrons. The van der Waals surface area contributed by atoms with Crippen LogP contribution in [0.3, 0.4) is 0 Å². The monoisotopic (exact) mass is 358 g/mol. The molecule has 0 bridgehead atoms. The van der Waals surface area contributed by atoms with Crippen molar-refractivity contribution in [3.63, 3.8) is 0 Å². The minimum Gasteiger partial charge on any atom is -0.272 e. The number of thioether (sulfide) groups is 1. The molecule has 0 aliphatic rings. The van der Waals surface area contributed by atoms with Crippen molar-refractivity contribution < 1.29 is 9.18 Å². The highest BCUT2D eigenvalue weighted by Crippen LogP contribution is 2.14. The Morgan fingerprint density at radius 3 is 2.84 bits per heavy atom. The number of benzene rings is 1. The van der Waals surface area contributed by atoms with Crippen LogP contribution in [0.5, 0.6) is 0 Å². The number of nitrogens with one attached hydrogen (secondary N) is 1. The standard InChI is InChI=1S/C16H15FN6OS/c1-10-7-11(2)23-15(19-10)20-16(22-23)25-9-14(24)21-18-8-12-3-5-13(17)6-4-12/h3-8H,9H2,1-2H3,(H,21,24)/b18-8-. The van der Waals surface area contributed by atoms with E-state index >= 15 is 0 Å². The molecule has 25 heavy (non-hydrogen) atoms. The highest BCUT2D eigenvalue weighted by atomic mass is 32.2. The van der Waals surface area contributed by atoms with E-state index in [1.54, 1.807) is 16.6 Å². The van der Waals surface area contributed by atoms with Gasteiger partial charge in [0.1, 0.15) is 5.82 Å². The number of nitrogens with zero attached hydrogens (tertiary/aromatic N) is 5. The molecule has 0 spiro atoms. The first-order chi connectivity index (χ1) is 12.0. The molecule has 0 saturated heterocycles. The Hall–Kier alpha value is -2.81. The predicted octanol–water partition coefficient (Wildman–Crippen LogP) is 2.12. The topological polar surface area (TPSA) is 84.5 Å². The molecule has 7 nitrogen and oxygen atoms in total. The van der Waals surface area contributed by atoms with Crippen LogP contribution in [0.15, 0.2) is 40.6 Å². The van der Waals surface area contributed by atoms with Gasteiger partial charge in [-0.3, -0.25) is 4.79 Å². The van der Waals surface area contributed by atoms with Crippen molar-refractivity contribution in [2.75, 3.05) is 5.75 Å². The molecule has 0 fully saturated rings. The summed E-state index contributed by atoms with van der Waals surface area (Å²) in [5.41, 5.74) is 4.89. The molecule has 0 saturated carbocycles. The predicted molar refractivity (Wildman–Crippen MR) is 93.1 cm³/mol. The number of hydrogen-bond acceptors (Lipinski definition) is 6. The average Bonchev–Trinajstić information content (AvgIpc) is 2.98. The van der Waals surface area contributed by atoms with Gasteiger partial charge >= 0.3 is 0 Å². The summed E-state index contributed by atoms with van der Waals surface area (Å²) >= 11 is 1.20. The largest absolute Gasteiger partial charge is 0.272 e. The Morgan fingerprint density at radius 2 is 2.08 bits per heavy atom. The molecule has 3 aromatic rings. The maximum atomic E-state index is 12.8. The lowest BCUT2D eigenvalue weighted by Gasteiger charge is -1.98. The molecule has 1 aromatic carbocycles. The van der Waals surface area contributed by atoms with Gasteiger partial charge in [0, 0.05) is 11.4 Å². The minimum absolute atomic E-state index is 0.121. The van der Waals surface area contributed by atoms with Gasteiger partial charge in [-0.1, -0.05) is 23.9 Å². The lowest BCUT2D eigenvalue weighted by Crippen LogP contribution is -2.19. The SMILES string of the molecule is Cc1cc(C)n2nc(SCC(=O)N/N=C\c3ccc(F)cc3)nc2n1. The zero-order valence-electron chi connectivity index (χ0n) is 13.6. The van der Waals surface area contributed by atoms with Gasteiger partial charge in [0.05, 0.1) is 12.0 Å². The third-order valence-electron chi connectivity index (χ3n) is 3.20. The summed E-state index contributed by atoms with van der Waals surface area (Å²) < 4.78 is 14.4. The summed E-state index contributed by atoms with van der Waals surface area (Å²) in [5.74, 6) is 0.0191. The van der Waals surface area contributed by atoms with Crippen LogP contribution in [0.2, 0.25) is 0 Å². The molecule has 1 amide bonds. The zero-order valence-corrected chi connectivity index (χ0v) is 14.4. The van der Waals surface area contributed by atoms with Crippen LogP contribution in [-0.4, -0.2) is 37.5 Å². The van der Waals surface area contributed by atoms with Crippen LogP contribution in [0.4, 0.5) is 4.39 Å². The maximum absolute atomic E-state index is 12.8. The van der Waals surface area contributed by atoms with Crippen molar-refractivity contribution in [3.05, 3.63) is 53.1 Å². The van der Waals surface area contributed by atoms with Crippen molar-refractivity contribution >= 4 is 29.7 Å². The van der Waals surface area contributed by atoms with Gasteiger partial charge in [-0.15, -0.1) is 5.10 Å². The third kappa shape index (κ3) is 4.38. The second-order valence-corrected chi connectivity index (χ2v) is 6.22. The summed E-state index contributed by atoms with van der Waals surface area (Å²) in [5, 5.41) is 8.62. The quantitative estimate of drug-likeness (QED) is 0.429. The molecule has 0 aliphatic carbocycles. The molecule has 0 aliphatic heterocycles. The van der Waals surface area contributed by atoms with Gasteiger partial charge in [0.25, 0.3) is 11.7 Å². The summed E-state index contributed by atoms with van der Waals surface area (Å²) in [7, 11) is 0. The lowest BCUT2D eigenvalue weighted by atomic mass is 10.2. The first-order valence-corrected chi connectivity index (χ1v) is 8.41. The first-order valence-electron chi connectivity index (χ1n) is 7.42. The van der Waals surface area contributed by atoms with Crippen molar-refractivity contribution in [3.8, 4) is 0 Å². The van der Waals surface area contributed by atoms with Gasteiger partial charge < -0.3 is 0 Å². The molecule has 0 atom stereocenters. The molecule has 2 aromatic heterocycles. The number of halogens is 1. The van der Waals surface area contributed by atoms with Crippen LogP contribution in [0, 0.1) is 19.7 Å². The highest BCUT2D eigenvalue weighted by molar-refractivity contribution is 7.99. The normalized spacial score (nSPS) is 11.3. The first kappa shape index (κ1) is 17.0. The number of amides is 1. The van der Waals surface area contributed by atoms with E-state index in [0.29, 0.717) is 16.5 Å². The second-order valence-electron chi connectivity index (χ2n) is 5.28. The number of carbonyl (C=O) groups excluding carboxylic acids is 1. The van der Waals surface area contributed by atoms with E-state index in [4.69, 9.17) is 0 Å². The smallest absolute Gasteiger partial charge is 0.253 e. The Balaban J connectivity index is 1.55. The van der Waals surface area contributed by atoms with E-state index in [2.05, 4.69) is 25.6 Å². The van der Waals surface area contributed by atoms with E-state index in [1.807, 2.05) is 19.9 Å². The Morgan fingerprint density at radius 1 is 1.32 bits per heavy atom.